The minimum absolute atomic E-state index is 0.128. The van der Waals surface area contributed by atoms with Crippen LogP contribution in [0.4, 0.5) is 5.69 Å². The summed E-state index contributed by atoms with van der Waals surface area (Å²) in [6, 6.07) is 4.71. The zero-order chi connectivity index (χ0) is 15.1. The normalized spacial score (nSPS) is 25.1. The van der Waals surface area contributed by atoms with Crippen LogP contribution in [0.2, 0.25) is 0 Å². The van der Waals surface area contributed by atoms with Gasteiger partial charge in [-0.25, -0.2) is 9.69 Å². The van der Waals surface area contributed by atoms with E-state index in [0.29, 0.717) is 11.3 Å². The fourth-order valence-electron chi connectivity index (χ4n) is 3.50. The lowest BCUT2D eigenvalue weighted by Gasteiger charge is -2.19. The van der Waals surface area contributed by atoms with Gasteiger partial charge in [0.05, 0.1) is 23.1 Å². The average molecular weight is 287 g/mol. The van der Waals surface area contributed by atoms with Crippen molar-refractivity contribution in [3.8, 4) is 0 Å². The van der Waals surface area contributed by atoms with Crippen LogP contribution in [0.1, 0.15) is 41.6 Å². The van der Waals surface area contributed by atoms with Crippen LogP contribution in [0.5, 0.6) is 0 Å². The van der Waals surface area contributed by atoms with Gasteiger partial charge in [0.15, 0.2) is 0 Å². The number of benzene rings is 1. The summed E-state index contributed by atoms with van der Waals surface area (Å²) in [5.74, 6) is -1.84. The van der Waals surface area contributed by atoms with Crippen molar-refractivity contribution in [2.24, 2.45) is 11.8 Å². The molecule has 21 heavy (non-hydrogen) atoms. The molecule has 2 aliphatic rings. The molecule has 0 unspecified atom stereocenters. The van der Waals surface area contributed by atoms with Crippen LogP contribution >= 0.6 is 0 Å². The quantitative estimate of drug-likeness (QED) is 0.847. The number of fused-ring (bicyclic) bond motifs is 1. The van der Waals surface area contributed by atoms with E-state index in [-0.39, 0.29) is 29.2 Å². The van der Waals surface area contributed by atoms with E-state index in [1.807, 2.05) is 0 Å². The fraction of sp³-hybridized carbons (Fsp3) is 0.438. The van der Waals surface area contributed by atoms with Crippen molar-refractivity contribution in [2.75, 3.05) is 4.90 Å². The van der Waals surface area contributed by atoms with Crippen molar-refractivity contribution in [2.45, 2.75) is 32.6 Å². The van der Waals surface area contributed by atoms with E-state index in [1.54, 1.807) is 19.1 Å². The van der Waals surface area contributed by atoms with Gasteiger partial charge in [-0.2, -0.15) is 0 Å². The topological polar surface area (TPSA) is 74.7 Å². The Morgan fingerprint density at radius 1 is 1.14 bits per heavy atom. The minimum atomic E-state index is -1.05. The fourth-order valence-corrected chi connectivity index (χ4v) is 3.50. The molecular formula is C16H17NO4. The van der Waals surface area contributed by atoms with Gasteiger partial charge in [0.25, 0.3) is 0 Å². The first-order valence-corrected chi connectivity index (χ1v) is 7.23. The van der Waals surface area contributed by atoms with Crippen molar-refractivity contribution < 1.29 is 19.5 Å². The van der Waals surface area contributed by atoms with Crippen molar-refractivity contribution in [1.82, 2.24) is 0 Å². The largest absolute Gasteiger partial charge is 0.478 e. The van der Waals surface area contributed by atoms with E-state index >= 15 is 0 Å². The lowest BCUT2D eigenvalue weighted by Crippen LogP contribution is -2.31. The second-order valence-electron chi connectivity index (χ2n) is 5.76. The number of carboxylic acid groups (broad SMARTS) is 1. The molecule has 1 aliphatic heterocycles. The molecule has 1 aromatic carbocycles. The number of aromatic carboxylic acids is 1. The molecule has 0 spiro atoms. The predicted octanol–water partition coefficient (Wildman–Crippen LogP) is 2.37. The number of rotatable bonds is 2. The van der Waals surface area contributed by atoms with Gasteiger partial charge in [-0.15, -0.1) is 0 Å². The Labute approximate surface area is 122 Å². The van der Waals surface area contributed by atoms with Crippen LogP contribution in [0, 0.1) is 18.8 Å². The van der Waals surface area contributed by atoms with Crippen LogP contribution in [-0.2, 0) is 9.59 Å². The van der Waals surface area contributed by atoms with E-state index in [0.717, 1.165) is 25.7 Å². The number of anilines is 1. The average Bonchev–Trinajstić information content (AvgIpc) is 2.72. The molecule has 0 radical (unpaired) electrons. The lowest BCUT2D eigenvalue weighted by molar-refractivity contribution is -0.122. The van der Waals surface area contributed by atoms with E-state index in [1.165, 1.54) is 11.0 Å². The van der Waals surface area contributed by atoms with Gasteiger partial charge in [-0.3, -0.25) is 9.59 Å². The molecule has 1 N–H and O–H groups in total. The number of imide groups is 1. The summed E-state index contributed by atoms with van der Waals surface area (Å²) < 4.78 is 0. The maximum absolute atomic E-state index is 12.5. The molecule has 2 fully saturated rings. The molecule has 2 amide bonds. The van der Waals surface area contributed by atoms with Gasteiger partial charge in [0.1, 0.15) is 0 Å². The molecule has 1 aliphatic carbocycles. The van der Waals surface area contributed by atoms with Crippen LogP contribution in [0.25, 0.3) is 0 Å². The first kappa shape index (κ1) is 13.8. The highest BCUT2D eigenvalue weighted by atomic mass is 16.4. The van der Waals surface area contributed by atoms with Crippen molar-refractivity contribution in [1.29, 1.82) is 0 Å². The summed E-state index contributed by atoms with van der Waals surface area (Å²) in [4.78, 5) is 37.5. The second kappa shape index (κ2) is 4.98. The molecule has 1 saturated heterocycles. The number of hydrogen-bond donors (Lipinski definition) is 1. The number of carbonyl (C=O) groups excluding carboxylic acids is 2. The molecule has 1 heterocycles. The predicted molar refractivity (Wildman–Crippen MR) is 76.1 cm³/mol. The van der Waals surface area contributed by atoms with Crippen LogP contribution < -0.4 is 4.90 Å². The van der Waals surface area contributed by atoms with E-state index in [4.69, 9.17) is 0 Å². The SMILES string of the molecule is Cc1c(C(=O)O)cccc1N1C(=O)[C@@H]2CCCC[C@H]2C1=O. The molecule has 1 saturated carbocycles. The summed E-state index contributed by atoms with van der Waals surface area (Å²) in [5, 5.41) is 9.18. The number of nitrogens with zero attached hydrogens (tertiary/aromatic N) is 1. The summed E-state index contributed by atoms with van der Waals surface area (Å²) in [6.45, 7) is 1.64. The highest BCUT2D eigenvalue weighted by Crippen LogP contribution is 2.41. The minimum Gasteiger partial charge on any atom is -0.478 e. The van der Waals surface area contributed by atoms with Gasteiger partial charge in [0, 0.05) is 0 Å². The van der Waals surface area contributed by atoms with Crippen LogP contribution in [0.15, 0.2) is 18.2 Å². The smallest absolute Gasteiger partial charge is 0.336 e. The molecular weight excluding hydrogens is 270 g/mol. The number of carbonyl (C=O) groups is 3. The van der Waals surface area contributed by atoms with Crippen LogP contribution in [-0.4, -0.2) is 22.9 Å². The Hall–Kier alpha value is -2.17. The highest BCUT2D eigenvalue weighted by molar-refractivity contribution is 6.22. The monoisotopic (exact) mass is 287 g/mol. The molecule has 0 aromatic heterocycles. The van der Waals surface area contributed by atoms with E-state index < -0.39 is 5.97 Å². The summed E-state index contributed by atoms with van der Waals surface area (Å²) in [5.41, 5.74) is 1.01. The Morgan fingerprint density at radius 3 is 2.24 bits per heavy atom. The number of carboxylic acids is 1. The van der Waals surface area contributed by atoms with Gasteiger partial charge < -0.3 is 5.11 Å². The van der Waals surface area contributed by atoms with Gasteiger partial charge in [0.2, 0.25) is 11.8 Å². The second-order valence-corrected chi connectivity index (χ2v) is 5.76. The van der Waals surface area contributed by atoms with Gasteiger partial charge >= 0.3 is 5.97 Å². The highest BCUT2D eigenvalue weighted by Gasteiger charge is 2.49. The van der Waals surface area contributed by atoms with Gasteiger partial charge in [-0.1, -0.05) is 18.9 Å². The zero-order valence-electron chi connectivity index (χ0n) is 11.8. The van der Waals surface area contributed by atoms with Crippen molar-refractivity contribution in [3.63, 3.8) is 0 Å². The Kier molecular flexibility index (Phi) is 3.27. The Balaban J connectivity index is 2.04. The van der Waals surface area contributed by atoms with E-state index in [2.05, 4.69) is 0 Å². The molecule has 110 valence electrons. The standard InChI is InChI=1S/C16H17NO4/c1-9-10(16(20)21)7-4-8-13(9)17-14(18)11-5-2-3-6-12(11)15(17)19/h4,7-8,11-12H,2-3,5-6H2,1H3,(H,20,21)/t11-,12-/m1/s1. The first-order valence-electron chi connectivity index (χ1n) is 7.23. The lowest BCUT2D eigenvalue weighted by atomic mass is 9.81. The maximum atomic E-state index is 12.5. The molecule has 0 bridgehead atoms. The van der Waals surface area contributed by atoms with Gasteiger partial charge in [-0.05, 0) is 37.5 Å². The maximum Gasteiger partial charge on any atom is 0.336 e. The molecule has 3 rings (SSSR count). The third kappa shape index (κ3) is 2.04. The van der Waals surface area contributed by atoms with Crippen molar-refractivity contribution in [3.05, 3.63) is 29.3 Å². The number of hydrogen-bond acceptors (Lipinski definition) is 3. The van der Waals surface area contributed by atoms with E-state index in [9.17, 15) is 19.5 Å². The Bertz CT molecular complexity index is 613. The molecule has 1 aromatic rings. The summed E-state index contributed by atoms with van der Waals surface area (Å²) in [7, 11) is 0. The van der Waals surface area contributed by atoms with Crippen LogP contribution in [0.3, 0.4) is 0 Å². The molecule has 5 heteroatoms. The van der Waals surface area contributed by atoms with Crippen molar-refractivity contribution >= 4 is 23.5 Å². The molecule has 2 atom stereocenters. The first-order chi connectivity index (χ1) is 10.0. The summed E-state index contributed by atoms with van der Waals surface area (Å²) in [6.07, 6.45) is 3.46. The summed E-state index contributed by atoms with van der Waals surface area (Å²) >= 11 is 0. The molecule has 5 nitrogen and oxygen atoms in total. The number of amides is 2. The third-order valence-corrected chi connectivity index (χ3v) is 4.62. The third-order valence-electron chi connectivity index (χ3n) is 4.62. The zero-order valence-corrected chi connectivity index (χ0v) is 11.8. The Morgan fingerprint density at radius 2 is 1.71 bits per heavy atom.